The van der Waals surface area contributed by atoms with Gasteiger partial charge in [-0.15, -0.1) is 0 Å². The second-order valence-corrected chi connectivity index (χ2v) is 4.06. The Hall–Kier alpha value is -1.31. The first-order valence-electron chi connectivity index (χ1n) is 5.61. The van der Waals surface area contributed by atoms with Crippen molar-refractivity contribution in [2.75, 3.05) is 0 Å². The van der Waals surface area contributed by atoms with Crippen LogP contribution in [-0.4, -0.2) is 5.97 Å². The third kappa shape index (κ3) is 2.20. The average Bonchev–Trinajstić information content (AvgIpc) is 2.25. The van der Waals surface area contributed by atoms with Crippen LogP contribution >= 0.6 is 0 Å². The molecule has 15 heavy (non-hydrogen) atoms. The first-order valence-corrected chi connectivity index (χ1v) is 5.61. The Morgan fingerprint density at radius 1 is 1.40 bits per heavy atom. The first-order chi connectivity index (χ1) is 7.31. The van der Waals surface area contributed by atoms with E-state index in [4.69, 9.17) is 4.74 Å². The van der Waals surface area contributed by atoms with Crippen LogP contribution < -0.4 is 4.74 Å². The predicted octanol–water partition coefficient (Wildman–Crippen LogP) is 3.27. The summed E-state index contributed by atoms with van der Waals surface area (Å²) in [5.74, 6) is 1.03. The lowest BCUT2D eigenvalue weighted by atomic mass is 9.88. The maximum atomic E-state index is 11.4. The highest BCUT2D eigenvalue weighted by Gasteiger charge is 2.25. The molecule has 1 aliphatic rings. The van der Waals surface area contributed by atoms with E-state index in [9.17, 15) is 4.79 Å². The number of carbonyl (C=O) groups is 1. The molecule has 0 aliphatic carbocycles. The van der Waals surface area contributed by atoms with Gasteiger partial charge in [0.1, 0.15) is 5.75 Å². The Morgan fingerprint density at radius 2 is 2.20 bits per heavy atom. The van der Waals surface area contributed by atoms with Gasteiger partial charge in [0, 0.05) is 0 Å². The minimum atomic E-state index is -0.0881. The summed E-state index contributed by atoms with van der Waals surface area (Å²) in [6, 6.07) is 7.87. The van der Waals surface area contributed by atoms with Gasteiger partial charge >= 0.3 is 5.97 Å². The first kappa shape index (κ1) is 10.2. The summed E-state index contributed by atoms with van der Waals surface area (Å²) in [5.41, 5.74) is 1.20. The number of hydrogen-bond acceptors (Lipinski definition) is 2. The van der Waals surface area contributed by atoms with Gasteiger partial charge in [0.2, 0.25) is 0 Å². The van der Waals surface area contributed by atoms with Gasteiger partial charge in [-0.2, -0.15) is 0 Å². The van der Waals surface area contributed by atoms with Crippen molar-refractivity contribution in [2.24, 2.45) is 0 Å². The zero-order chi connectivity index (χ0) is 10.7. The molecule has 0 spiro atoms. The number of esters is 1. The molecule has 0 N–H and O–H groups in total. The maximum Gasteiger partial charge on any atom is 0.311 e. The summed E-state index contributed by atoms with van der Waals surface area (Å²) >= 11 is 0. The highest BCUT2D eigenvalue weighted by molar-refractivity contribution is 5.76. The van der Waals surface area contributed by atoms with E-state index in [2.05, 4.69) is 13.0 Å². The number of fused-ring (bicyclic) bond motifs is 1. The molecule has 2 rings (SSSR count). The van der Waals surface area contributed by atoms with Crippen molar-refractivity contribution < 1.29 is 9.53 Å². The molecule has 1 aliphatic heterocycles. The lowest BCUT2D eigenvalue weighted by molar-refractivity contribution is -0.136. The Bertz CT molecular complexity index is 357. The second-order valence-electron chi connectivity index (χ2n) is 4.06. The Balaban J connectivity index is 2.22. The Morgan fingerprint density at radius 3 is 3.00 bits per heavy atom. The van der Waals surface area contributed by atoms with E-state index in [-0.39, 0.29) is 5.97 Å². The SMILES string of the molecule is CCCCC1CC(=O)Oc2ccccc21. The molecular formula is C13H16O2. The van der Waals surface area contributed by atoms with E-state index in [1.54, 1.807) is 0 Å². The third-order valence-corrected chi connectivity index (χ3v) is 2.90. The van der Waals surface area contributed by atoms with Gasteiger partial charge in [0.15, 0.2) is 0 Å². The topological polar surface area (TPSA) is 26.3 Å². The van der Waals surface area contributed by atoms with Gasteiger partial charge < -0.3 is 4.74 Å². The highest BCUT2D eigenvalue weighted by atomic mass is 16.5. The largest absolute Gasteiger partial charge is 0.426 e. The fourth-order valence-corrected chi connectivity index (χ4v) is 2.09. The van der Waals surface area contributed by atoms with Gasteiger partial charge in [-0.1, -0.05) is 38.0 Å². The van der Waals surface area contributed by atoms with Crippen LogP contribution in [0.25, 0.3) is 0 Å². The Kier molecular flexibility index (Phi) is 3.05. The molecule has 1 aromatic carbocycles. The molecule has 0 radical (unpaired) electrons. The molecule has 0 amide bonds. The van der Waals surface area contributed by atoms with Crippen LogP contribution in [0.5, 0.6) is 5.75 Å². The van der Waals surface area contributed by atoms with Gasteiger partial charge in [0.05, 0.1) is 6.42 Å². The number of para-hydroxylation sites is 1. The fraction of sp³-hybridized carbons (Fsp3) is 0.462. The molecule has 0 bridgehead atoms. The normalized spacial score (nSPS) is 19.5. The minimum Gasteiger partial charge on any atom is -0.426 e. The Labute approximate surface area is 90.3 Å². The van der Waals surface area contributed by atoms with Crippen LogP contribution in [-0.2, 0) is 4.79 Å². The number of benzene rings is 1. The summed E-state index contributed by atoms with van der Waals surface area (Å²) < 4.78 is 5.20. The average molecular weight is 204 g/mol. The number of rotatable bonds is 3. The van der Waals surface area contributed by atoms with Crippen LogP contribution in [0.3, 0.4) is 0 Å². The number of hydrogen-bond donors (Lipinski definition) is 0. The second kappa shape index (κ2) is 4.47. The molecule has 2 nitrogen and oxygen atoms in total. The molecular weight excluding hydrogens is 188 g/mol. The lowest BCUT2D eigenvalue weighted by Gasteiger charge is -2.24. The van der Waals surface area contributed by atoms with Crippen molar-refractivity contribution in [1.29, 1.82) is 0 Å². The van der Waals surface area contributed by atoms with E-state index in [1.165, 1.54) is 18.4 Å². The fourth-order valence-electron chi connectivity index (χ4n) is 2.09. The van der Waals surface area contributed by atoms with Crippen molar-refractivity contribution in [3.63, 3.8) is 0 Å². The highest BCUT2D eigenvalue weighted by Crippen LogP contribution is 2.36. The third-order valence-electron chi connectivity index (χ3n) is 2.90. The van der Waals surface area contributed by atoms with Gasteiger partial charge in [0.25, 0.3) is 0 Å². The zero-order valence-electron chi connectivity index (χ0n) is 9.03. The van der Waals surface area contributed by atoms with Crippen LogP contribution in [0.4, 0.5) is 0 Å². The van der Waals surface area contributed by atoms with Crippen molar-refractivity contribution in [3.8, 4) is 5.75 Å². The summed E-state index contributed by atoms with van der Waals surface area (Å²) in [6.45, 7) is 2.17. The van der Waals surface area contributed by atoms with Crippen molar-refractivity contribution in [3.05, 3.63) is 29.8 Å². The predicted molar refractivity (Wildman–Crippen MR) is 59.0 cm³/mol. The maximum absolute atomic E-state index is 11.4. The molecule has 1 heterocycles. The molecule has 1 unspecified atom stereocenters. The molecule has 1 aromatic rings. The monoisotopic (exact) mass is 204 g/mol. The van der Waals surface area contributed by atoms with E-state index in [0.717, 1.165) is 12.2 Å². The molecule has 0 aromatic heterocycles. The summed E-state index contributed by atoms with van der Waals surface area (Å²) in [5, 5.41) is 0. The van der Waals surface area contributed by atoms with Crippen LogP contribution in [0, 0.1) is 0 Å². The van der Waals surface area contributed by atoms with Gasteiger partial charge in [-0.25, -0.2) is 0 Å². The molecule has 0 fully saturated rings. The van der Waals surface area contributed by atoms with Crippen LogP contribution in [0.15, 0.2) is 24.3 Å². The summed E-state index contributed by atoms with van der Waals surface area (Å²) in [7, 11) is 0. The number of ether oxygens (including phenoxy) is 1. The zero-order valence-corrected chi connectivity index (χ0v) is 9.03. The van der Waals surface area contributed by atoms with E-state index >= 15 is 0 Å². The molecule has 80 valence electrons. The molecule has 0 saturated carbocycles. The smallest absolute Gasteiger partial charge is 0.311 e. The lowest BCUT2D eigenvalue weighted by Crippen LogP contribution is -2.20. The van der Waals surface area contributed by atoms with E-state index in [0.29, 0.717) is 12.3 Å². The van der Waals surface area contributed by atoms with Crippen molar-refractivity contribution in [2.45, 2.75) is 38.5 Å². The summed E-state index contributed by atoms with van der Waals surface area (Å²) in [4.78, 5) is 11.4. The van der Waals surface area contributed by atoms with Crippen molar-refractivity contribution >= 4 is 5.97 Å². The number of carbonyl (C=O) groups excluding carboxylic acids is 1. The molecule has 0 saturated heterocycles. The minimum absolute atomic E-state index is 0.0881. The standard InChI is InChI=1S/C13H16O2/c1-2-3-6-10-9-13(14)15-12-8-5-4-7-11(10)12/h4-5,7-8,10H,2-3,6,9H2,1H3. The van der Waals surface area contributed by atoms with Crippen molar-refractivity contribution in [1.82, 2.24) is 0 Å². The van der Waals surface area contributed by atoms with E-state index < -0.39 is 0 Å². The number of unbranched alkanes of at least 4 members (excludes halogenated alkanes) is 1. The van der Waals surface area contributed by atoms with E-state index in [1.807, 2.05) is 18.2 Å². The van der Waals surface area contributed by atoms with Crippen LogP contribution in [0.2, 0.25) is 0 Å². The van der Waals surface area contributed by atoms with Gasteiger partial charge in [-0.05, 0) is 24.0 Å². The molecule has 2 heteroatoms. The van der Waals surface area contributed by atoms with Crippen LogP contribution in [0.1, 0.15) is 44.1 Å². The quantitative estimate of drug-likeness (QED) is 0.558. The summed E-state index contributed by atoms with van der Waals surface area (Å²) in [6.07, 6.45) is 3.97. The van der Waals surface area contributed by atoms with Gasteiger partial charge in [-0.3, -0.25) is 4.79 Å². The molecule has 1 atom stereocenters.